The van der Waals surface area contributed by atoms with Gasteiger partial charge in [-0.3, -0.25) is 4.79 Å². The van der Waals surface area contributed by atoms with Gasteiger partial charge in [0.15, 0.2) is 0 Å². The summed E-state index contributed by atoms with van der Waals surface area (Å²) in [5.41, 5.74) is 0.716. The van der Waals surface area contributed by atoms with Crippen LogP contribution in [-0.2, 0) is 0 Å². The molecule has 0 radical (unpaired) electrons. The second-order valence-electron chi connectivity index (χ2n) is 5.63. The molecule has 0 aromatic heterocycles. The average Bonchev–Trinajstić information content (AvgIpc) is 2.73. The van der Waals surface area contributed by atoms with Crippen molar-refractivity contribution in [3.8, 4) is 5.75 Å². The van der Waals surface area contributed by atoms with Crippen LogP contribution in [-0.4, -0.2) is 43.6 Å². The van der Waals surface area contributed by atoms with E-state index in [0.29, 0.717) is 18.1 Å². The van der Waals surface area contributed by atoms with Crippen molar-refractivity contribution < 1.29 is 9.53 Å². The lowest BCUT2D eigenvalue weighted by Crippen LogP contribution is -2.34. The standard InChI is InChI=1S/C16H24N2O2.ClH/c1-13(2)12-20-15-6-3-5-14(11-15)16(19)18-9-4-7-17-8-10-18;/h3,5-6,11,13,17H,4,7-10,12H2,1-2H3;1H. The molecule has 1 aliphatic heterocycles. The summed E-state index contributed by atoms with van der Waals surface area (Å²) in [6.45, 7) is 8.35. The molecular weight excluding hydrogens is 288 g/mol. The van der Waals surface area contributed by atoms with E-state index in [1.54, 1.807) is 0 Å². The van der Waals surface area contributed by atoms with E-state index in [9.17, 15) is 4.79 Å². The van der Waals surface area contributed by atoms with E-state index in [0.717, 1.165) is 38.3 Å². The van der Waals surface area contributed by atoms with Gasteiger partial charge in [0.05, 0.1) is 6.61 Å². The summed E-state index contributed by atoms with van der Waals surface area (Å²) in [7, 11) is 0. The Morgan fingerprint density at radius 3 is 2.90 bits per heavy atom. The molecule has 0 saturated carbocycles. The first-order chi connectivity index (χ1) is 9.66. The number of nitrogens with zero attached hydrogens (tertiary/aromatic N) is 1. The number of carbonyl (C=O) groups excluding carboxylic acids is 1. The van der Waals surface area contributed by atoms with Crippen LogP contribution in [0.5, 0.6) is 5.75 Å². The number of hydrogen-bond donors (Lipinski definition) is 1. The first kappa shape index (κ1) is 17.8. The summed E-state index contributed by atoms with van der Waals surface area (Å²) < 4.78 is 5.69. The number of amides is 1. The Kier molecular flexibility index (Phi) is 7.54. The van der Waals surface area contributed by atoms with Gasteiger partial charge in [0.1, 0.15) is 5.75 Å². The quantitative estimate of drug-likeness (QED) is 0.929. The zero-order chi connectivity index (χ0) is 14.4. The fourth-order valence-corrected chi connectivity index (χ4v) is 2.21. The third-order valence-electron chi connectivity index (χ3n) is 3.29. The Hall–Kier alpha value is -1.26. The maximum Gasteiger partial charge on any atom is 0.254 e. The molecule has 1 aromatic carbocycles. The van der Waals surface area contributed by atoms with Gasteiger partial charge in [0.25, 0.3) is 5.91 Å². The molecule has 1 aliphatic rings. The van der Waals surface area contributed by atoms with E-state index in [4.69, 9.17) is 4.74 Å². The molecule has 21 heavy (non-hydrogen) atoms. The molecule has 1 saturated heterocycles. The van der Waals surface area contributed by atoms with Crippen LogP contribution < -0.4 is 10.1 Å². The Balaban J connectivity index is 0.00000220. The maximum absolute atomic E-state index is 12.5. The average molecular weight is 313 g/mol. The van der Waals surface area contributed by atoms with E-state index in [-0.39, 0.29) is 18.3 Å². The first-order valence-corrected chi connectivity index (χ1v) is 7.39. The molecule has 1 N–H and O–H groups in total. The van der Waals surface area contributed by atoms with E-state index in [1.165, 1.54) is 0 Å². The van der Waals surface area contributed by atoms with Gasteiger partial charge in [-0.05, 0) is 37.1 Å². The van der Waals surface area contributed by atoms with Crippen molar-refractivity contribution in [2.75, 3.05) is 32.8 Å². The van der Waals surface area contributed by atoms with Crippen molar-refractivity contribution >= 4 is 18.3 Å². The van der Waals surface area contributed by atoms with Crippen LogP contribution in [0.15, 0.2) is 24.3 Å². The van der Waals surface area contributed by atoms with Crippen LogP contribution in [0, 0.1) is 5.92 Å². The lowest BCUT2D eigenvalue weighted by atomic mass is 10.2. The highest BCUT2D eigenvalue weighted by molar-refractivity contribution is 5.94. The molecule has 1 heterocycles. The molecule has 1 fully saturated rings. The zero-order valence-electron chi connectivity index (χ0n) is 12.8. The molecule has 0 atom stereocenters. The summed E-state index contributed by atoms with van der Waals surface area (Å²) in [6, 6.07) is 7.51. The van der Waals surface area contributed by atoms with Gasteiger partial charge in [-0.2, -0.15) is 0 Å². The van der Waals surface area contributed by atoms with Crippen molar-refractivity contribution in [1.82, 2.24) is 10.2 Å². The molecule has 4 nitrogen and oxygen atoms in total. The van der Waals surface area contributed by atoms with Crippen LogP contribution in [0.4, 0.5) is 0 Å². The third-order valence-corrected chi connectivity index (χ3v) is 3.29. The number of nitrogens with one attached hydrogen (secondary N) is 1. The van der Waals surface area contributed by atoms with Crippen LogP contribution >= 0.6 is 12.4 Å². The lowest BCUT2D eigenvalue weighted by molar-refractivity contribution is 0.0766. The SMILES string of the molecule is CC(C)COc1cccc(C(=O)N2CCCNCC2)c1.Cl. The highest BCUT2D eigenvalue weighted by atomic mass is 35.5. The molecule has 0 unspecified atom stereocenters. The van der Waals surface area contributed by atoms with E-state index in [2.05, 4.69) is 19.2 Å². The van der Waals surface area contributed by atoms with E-state index >= 15 is 0 Å². The Bertz CT molecular complexity index is 444. The number of rotatable bonds is 4. The Morgan fingerprint density at radius 1 is 1.33 bits per heavy atom. The lowest BCUT2D eigenvalue weighted by Gasteiger charge is -2.20. The van der Waals surface area contributed by atoms with Crippen molar-refractivity contribution in [2.45, 2.75) is 20.3 Å². The predicted octanol–water partition coefficient (Wildman–Crippen LogP) is 2.58. The number of ether oxygens (including phenoxy) is 1. The fraction of sp³-hybridized carbons (Fsp3) is 0.562. The molecule has 2 rings (SSSR count). The monoisotopic (exact) mass is 312 g/mol. The normalized spacial score (nSPS) is 15.3. The number of halogens is 1. The molecule has 118 valence electrons. The molecule has 1 aromatic rings. The van der Waals surface area contributed by atoms with Gasteiger partial charge >= 0.3 is 0 Å². The number of carbonyl (C=O) groups is 1. The van der Waals surface area contributed by atoms with Crippen LogP contribution in [0.3, 0.4) is 0 Å². The summed E-state index contributed by atoms with van der Waals surface area (Å²) >= 11 is 0. The van der Waals surface area contributed by atoms with Gasteiger partial charge in [0.2, 0.25) is 0 Å². The Morgan fingerprint density at radius 2 is 2.14 bits per heavy atom. The number of hydrogen-bond acceptors (Lipinski definition) is 3. The van der Waals surface area contributed by atoms with E-state index in [1.807, 2.05) is 29.2 Å². The highest BCUT2D eigenvalue weighted by Crippen LogP contribution is 2.16. The minimum absolute atomic E-state index is 0. The van der Waals surface area contributed by atoms with E-state index < -0.39 is 0 Å². The second-order valence-corrected chi connectivity index (χ2v) is 5.63. The minimum atomic E-state index is 0. The minimum Gasteiger partial charge on any atom is -0.493 e. The summed E-state index contributed by atoms with van der Waals surface area (Å²) in [5, 5.41) is 3.31. The second kappa shape index (κ2) is 8.90. The molecule has 5 heteroatoms. The largest absolute Gasteiger partial charge is 0.493 e. The van der Waals surface area contributed by atoms with Gasteiger partial charge < -0.3 is 15.0 Å². The van der Waals surface area contributed by atoms with Crippen LogP contribution in [0.25, 0.3) is 0 Å². The van der Waals surface area contributed by atoms with Crippen LogP contribution in [0.2, 0.25) is 0 Å². The molecule has 0 aliphatic carbocycles. The van der Waals surface area contributed by atoms with Gasteiger partial charge in [0, 0.05) is 25.2 Å². The van der Waals surface area contributed by atoms with Crippen molar-refractivity contribution in [2.24, 2.45) is 5.92 Å². The third kappa shape index (κ3) is 5.56. The predicted molar refractivity (Wildman–Crippen MR) is 87.4 cm³/mol. The van der Waals surface area contributed by atoms with Crippen LogP contribution in [0.1, 0.15) is 30.6 Å². The van der Waals surface area contributed by atoms with Crippen molar-refractivity contribution in [1.29, 1.82) is 0 Å². The fourth-order valence-electron chi connectivity index (χ4n) is 2.21. The summed E-state index contributed by atoms with van der Waals surface area (Å²) in [6.07, 6.45) is 1.01. The molecule has 0 spiro atoms. The zero-order valence-corrected chi connectivity index (χ0v) is 13.6. The first-order valence-electron chi connectivity index (χ1n) is 7.39. The van der Waals surface area contributed by atoms with Gasteiger partial charge in [-0.25, -0.2) is 0 Å². The smallest absolute Gasteiger partial charge is 0.254 e. The Labute approximate surface area is 133 Å². The molecule has 0 bridgehead atoms. The number of benzene rings is 1. The molecular formula is C16H25ClN2O2. The molecule has 1 amide bonds. The van der Waals surface area contributed by atoms with Crippen molar-refractivity contribution in [3.63, 3.8) is 0 Å². The maximum atomic E-state index is 12.5. The van der Waals surface area contributed by atoms with Gasteiger partial charge in [-0.15, -0.1) is 12.4 Å². The summed E-state index contributed by atoms with van der Waals surface area (Å²) in [4.78, 5) is 14.4. The summed E-state index contributed by atoms with van der Waals surface area (Å²) in [5.74, 6) is 1.35. The topological polar surface area (TPSA) is 41.6 Å². The van der Waals surface area contributed by atoms with Crippen molar-refractivity contribution in [3.05, 3.63) is 29.8 Å². The van der Waals surface area contributed by atoms with Gasteiger partial charge in [-0.1, -0.05) is 19.9 Å². The highest BCUT2D eigenvalue weighted by Gasteiger charge is 2.17.